The number of nitrogens with one attached hydrogen (secondary N) is 1. The van der Waals surface area contributed by atoms with Gasteiger partial charge in [0.15, 0.2) is 17.3 Å². The van der Waals surface area contributed by atoms with E-state index in [1.807, 2.05) is 92.7 Å². The predicted octanol–water partition coefficient (Wildman–Crippen LogP) is 6.78. The number of carbonyl (C=O) groups is 5. The van der Waals surface area contributed by atoms with Gasteiger partial charge in [0, 0.05) is 36.7 Å². The van der Waals surface area contributed by atoms with Gasteiger partial charge in [-0.25, -0.2) is 0 Å². The SMILES string of the molecule is CC(C)[C@H](CC(=O)[C@H](C)NC(=O)[C@H](CC(=O)c1ccccc1)Cc1ccc2ccccc2c1)C(=O)C(=O)CCc1ccccc1. The third kappa shape index (κ3) is 9.39. The molecule has 4 aromatic rings. The third-order valence-electron chi connectivity index (χ3n) is 8.36. The molecule has 45 heavy (non-hydrogen) atoms. The highest BCUT2D eigenvalue weighted by molar-refractivity contribution is 6.38. The monoisotopic (exact) mass is 603 g/mol. The van der Waals surface area contributed by atoms with Crippen LogP contribution in [0.15, 0.2) is 103 Å². The molecule has 0 aliphatic rings. The first-order chi connectivity index (χ1) is 21.6. The molecule has 6 nitrogen and oxygen atoms in total. The van der Waals surface area contributed by atoms with Gasteiger partial charge in [-0.15, -0.1) is 0 Å². The van der Waals surface area contributed by atoms with Crippen LogP contribution in [0.25, 0.3) is 10.8 Å². The largest absolute Gasteiger partial charge is 0.346 e. The molecule has 3 atom stereocenters. The van der Waals surface area contributed by atoms with Crippen molar-refractivity contribution in [3.8, 4) is 0 Å². The highest BCUT2D eigenvalue weighted by atomic mass is 16.2. The minimum Gasteiger partial charge on any atom is -0.346 e. The van der Waals surface area contributed by atoms with E-state index in [1.54, 1.807) is 31.2 Å². The molecule has 0 heterocycles. The Labute approximate surface area is 265 Å². The number of aryl methyl sites for hydroxylation is 1. The Balaban J connectivity index is 1.43. The molecule has 4 aromatic carbocycles. The van der Waals surface area contributed by atoms with Gasteiger partial charge < -0.3 is 5.32 Å². The van der Waals surface area contributed by atoms with Gasteiger partial charge in [0.25, 0.3) is 0 Å². The first kappa shape index (κ1) is 33.2. The van der Waals surface area contributed by atoms with Crippen molar-refractivity contribution in [2.45, 2.75) is 58.9 Å². The number of Topliss-reactive ketones (excluding diaryl/α,β-unsaturated/α-hetero) is 4. The second kappa shape index (κ2) is 15.8. The summed E-state index contributed by atoms with van der Waals surface area (Å²) in [5, 5.41) is 4.93. The summed E-state index contributed by atoms with van der Waals surface area (Å²) in [5.74, 6) is -3.63. The lowest BCUT2D eigenvalue weighted by molar-refractivity contribution is -0.141. The fraction of sp³-hybridized carbons (Fsp3) is 0.308. The molecule has 1 amide bonds. The summed E-state index contributed by atoms with van der Waals surface area (Å²) in [4.78, 5) is 66.0. The Hall–Kier alpha value is -4.71. The van der Waals surface area contributed by atoms with E-state index in [2.05, 4.69) is 5.32 Å². The summed E-state index contributed by atoms with van der Waals surface area (Å²) >= 11 is 0. The molecule has 4 rings (SSSR count). The number of hydrogen-bond donors (Lipinski definition) is 1. The number of amides is 1. The predicted molar refractivity (Wildman–Crippen MR) is 177 cm³/mol. The second-order valence-corrected chi connectivity index (χ2v) is 12.1. The van der Waals surface area contributed by atoms with E-state index in [0.29, 0.717) is 18.4 Å². The Morgan fingerprint density at radius 3 is 1.96 bits per heavy atom. The van der Waals surface area contributed by atoms with Gasteiger partial charge in [-0.3, -0.25) is 24.0 Å². The lowest BCUT2D eigenvalue weighted by Crippen LogP contribution is -2.44. The summed E-state index contributed by atoms with van der Waals surface area (Å²) < 4.78 is 0. The number of fused-ring (bicyclic) bond motifs is 1. The van der Waals surface area contributed by atoms with Crippen molar-refractivity contribution < 1.29 is 24.0 Å². The Morgan fingerprint density at radius 1 is 0.667 bits per heavy atom. The maximum Gasteiger partial charge on any atom is 0.224 e. The smallest absolute Gasteiger partial charge is 0.224 e. The minimum atomic E-state index is -0.892. The van der Waals surface area contributed by atoms with Crippen LogP contribution in [0.2, 0.25) is 0 Å². The number of ketones is 4. The van der Waals surface area contributed by atoms with Gasteiger partial charge in [0.1, 0.15) is 0 Å². The lowest BCUT2D eigenvalue weighted by atomic mass is 9.83. The zero-order valence-electron chi connectivity index (χ0n) is 26.2. The van der Waals surface area contributed by atoms with E-state index < -0.39 is 35.4 Å². The summed E-state index contributed by atoms with van der Waals surface area (Å²) in [6.07, 6.45) is 0.689. The van der Waals surface area contributed by atoms with Crippen LogP contribution in [-0.4, -0.2) is 35.1 Å². The highest BCUT2D eigenvalue weighted by Crippen LogP contribution is 2.23. The number of carbonyl (C=O) groups excluding carboxylic acids is 5. The molecular weight excluding hydrogens is 562 g/mol. The Morgan fingerprint density at radius 2 is 1.29 bits per heavy atom. The van der Waals surface area contributed by atoms with Crippen LogP contribution in [0, 0.1) is 17.8 Å². The standard InChI is InChI=1S/C39H41NO5/c1-26(2)34(38(44)35(41)21-19-28-12-6-4-7-13-28)25-36(42)27(3)40-39(45)33(24-37(43)31-15-8-5-9-16-31)23-29-18-20-30-14-10-11-17-32(30)22-29/h4-18,20,22,26-27,33-34H,19,21,23-25H2,1-3H3,(H,40,45)/t27-,33-,34-/m0/s1. The lowest BCUT2D eigenvalue weighted by Gasteiger charge is -2.23. The number of benzene rings is 4. The van der Waals surface area contributed by atoms with Crippen LogP contribution in [0.3, 0.4) is 0 Å². The van der Waals surface area contributed by atoms with Crippen molar-refractivity contribution in [3.63, 3.8) is 0 Å². The van der Waals surface area contributed by atoms with E-state index in [-0.39, 0.29) is 36.7 Å². The van der Waals surface area contributed by atoms with Gasteiger partial charge in [0.05, 0.1) is 6.04 Å². The zero-order chi connectivity index (χ0) is 32.3. The molecule has 0 radical (unpaired) electrons. The van der Waals surface area contributed by atoms with E-state index in [1.165, 1.54) is 0 Å². The summed E-state index contributed by atoms with van der Waals surface area (Å²) in [7, 11) is 0. The molecule has 0 bridgehead atoms. The van der Waals surface area contributed by atoms with E-state index >= 15 is 0 Å². The minimum absolute atomic E-state index is 0.0212. The van der Waals surface area contributed by atoms with Crippen LogP contribution in [-0.2, 0) is 32.0 Å². The fourth-order valence-corrected chi connectivity index (χ4v) is 5.54. The molecule has 0 aliphatic heterocycles. The second-order valence-electron chi connectivity index (χ2n) is 12.1. The summed E-state index contributed by atoms with van der Waals surface area (Å²) in [5.41, 5.74) is 2.40. The van der Waals surface area contributed by atoms with Crippen molar-refractivity contribution in [1.29, 1.82) is 0 Å². The van der Waals surface area contributed by atoms with E-state index in [0.717, 1.165) is 21.9 Å². The number of rotatable bonds is 16. The van der Waals surface area contributed by atoms with Gasteiger partial charge in [-0.05, 0) is 47.6 Å². The van der Waals surface area contributed by atoms with E-state index in [9.17, 15) is 24.0 Å². The Bertz CT molecular complexity index is 1640. The van der Waals surface area contributed by atoms with Crippen LogP contribution >= 0.6 is 0 Å². The molecule has 0 aromatic heterocycles. The van der Waals surface area contributed by atoms with Gasteiger partial charge in [0.2, 0.25) is 11.7 Å². The fourth-order valence-electron chi connectivity index (χ4n) is 5.54. The van der Waals surface area contributed by atoms with Gasteiger partial charge in [-0.2, -0.15) is 0 Å². The summed E-state index contributed by atoms with van der Waals surface area (Å²) in [6, 6.07) is 31.3. The van der Waals surface area contributed by atoms with Crippen LogP contribution in [0.1, 0.15) is 61.5 Å². The average Bonchev–Trinajstić information content (AvgIpc) is 3.05. The van der Waals surface area contributed by atoms with Crippen molar-refractivity contribution in [3.05, 3.63) is 120 Å². The summed E-state index contributed by atoms with van der Waals surface area (Å²) in [6.45, 7) is 5.22. The van der Waals surface area contributed by atoms with Crippen LogP contribution in [0.5, 0.6) is 0 Å². The highest BCUT2D eigenvalue weighted by Gasteiger charge is 2.32. The molecule has 0 saturated heterocycles. The molecule has 0 saturated carbocycles. The quantitative estimate of drug-likeness (QED) is 0.113. The first-order valence-electron chi connectivity index (χ1n) is 15.6. The maximum atomic E-state index is 13.6. The van der Waals surface area contributed by atoms with Crippen molar-refractivity contribution in [2.75, 3.05) is 0 Å². The molecule has 0 fully saturated rings. The van der Waals surface area contributed by atoms with Crippen molar-refractivity contribution >= 4 is 39.8 Å². The third-order valence-corrected chi connectivity index (χ3v) is 8.36. The van der Waals surface area contributed by atoms with Gasteiger partial charge >= 0.3 is 0 Å². The molecular formula is C39H41NO5. The number of hydrogen-bond acceptors (Lipinski definition) is 5. The van der Waals surface area contributed by atoms with Crippen molar-refractivity contribution in [1.82, 2.24) is 5.32 Å². The zero-order valence-corrected chi connectivity index (χ0v) is 26.2. The molecule has 0 unspecified atom stereocenters. The molecule has 6 heteroatoms. The molecule has 0 aliphatic carbocycles. The molecule has 1 N–H and O–H groups in total. The first-order valence-corrected chi connectivity index (χ1v) is 15.6. The van der Waals surface area contributed by atoms with E-state index in [4.69, 9.17) is 0 Å². The van der Waals surface area contributed by atoms with Crippen molar-refractivity contribution in [2.24, 2.45) is 17.8 Å². The molecule has 232 valence electrons. The average molecular weight is 604 g/mol. The van der Waals surface area contributed by atoms with Crippen LogP contribution < -0.4 is 5.32 Å². The van der Waals surface area contributed by atoms with Crippen LogP contribution in [0.4, 0.5) is 0 Å². The maximum absolute atomic E-state index is 13.6. The molecule has 0 spiro atoms. The van der Waals surface area contributed by atoms with Gasteiger partial charge in [-0.1, -0.05) is 117 Å². The topological polar surface area (TPSA) is 97.4 Å². The Kier molecular flexibility index (Phi) is 11.7. The normalized spacial score (nSPS) is 13.2.